The first kappa shape index (κ1) is 17.8. The minimum Gasteiger partial charge on any atom is -0.319 e. The van der Waals surface area contributed by atoms with Crippen molar-refractivity contribution in [3.05, 3.63) is 100 Å². The SMILES string of the molecule is O=C(Nc1ccc(F)cc1F)c1ccccc1C(=O)c1ccc(Cl)cc1. The second kappa shape index (κ2) is 7.45. The molecular weight excluding hydrogens is 360 g/mol. The largest absolute Gasteiger partial charge is 0.319 e. The number of rotatable bonds is 4. The van der Waals surface area contributed by atoms with E-state index in [1.807, 2.05) is 0 Å². The van der Waals surface area contributed by atoms with Crippen LogP contribution in [0.1, 0.15) is 26.3 Å². The highest BCUT2D eigenvalue weighted by Gasteiger charge is 2.19. The molecule has 0 spiro atoms. The summed E-state index contributed by atoms with van der Waals surface area (Å²) in [6.07, 6.45) is 0. The molecule has 0 fully saturated rings. The molecule has 0 saturated heterocycles. The molecular formula is C20H12ClF2NO2. The van der Waals surface area contributed by atoms with Gasteiger partial charge in [0.1, 0.15) is 11.6 Å². The van der Waals surface area contributed by atoms with Crippen LogP contribution in [0, 0.1) is 11.6 Å². The van der Waals surface area contributed by atoms with Crippen molar-refractivity contribution < 1.29 is 18.4 Å². The Kier molecular flexibility index (Phi) is 5.09. The lowest BCUT2D eigenvalue weighted by molar-refractivity contribution is 0.0996. The maximum absolute atomic E-state index is 13.8. The second-order valence-electron chi connectivity index (χ2n) is 5.46. The Bertz CT molecular complexity index is 987. The van der Waals surface area contributed by atoms with E-state index in [0.717, 1.165) is 12.1 Å². The third-order valence-corrected chi connectivity index (χ3v) is 3.95. The summed E-state index contributed by atoms with van der Waals surface area (Å²) < 4.78 is 26.7. The van der Waals surface area contributed by atoms with Crippen molar-refractivity contribution in [3.8, 4) is 0 Å². The van der Waals surface area contributed by atoms with Gasteiger partial charge in [0.25, 0.3) is 5.91 Å². The van der Waals surface area contributed by atoms with E-state index in [1.165, 1.54) is 12.1 Å². The third kappa shape index (κ3) is 3.78. The van der Waals surface area contributed by atoms with E-state index in [-0.39, 0.29) is 22.6 Å². The molecule has 130 valence electrons. The zero-order valence-electron chi connectivity index (χ0n) is 13.3. The molecule has 0 aromatic heterocycles. The van der Waals surface area contributed by atoms with Crippen LogP contribution in [-0.4, -0.2) is 11.7 Å². The number of halogens is 3. The topological polar surface area (TPSA) is 46.2 Å². The standard InChI is InChI=1S/C20H12ClF2NO2/c21-13-7-5-12(6-8-13)19(25)15-3-1-2-4-16(15)20(26)24-18-10-9-14(22)11-17(18)23/h1-11H,(H,24,26). The van der Waals surface area contributed by atoms with Gasteiger partial charge in [-0.2, -0.15) is 0 Å². The minimum atomic E-state index is -0.903. The Hall–Kier alpha value is -3.05. The van der Waals surface area contributed by atoms with Crippen molar-refractivity contribution >= 4 is 29.0 Å². The number of benzene rings is 3. The molecule has 0 saturated carbocycles. The van der Waals surface area contributed by atoms with E-state index in [4.69, 9.17) is 11.6 Å². The van der Waals surface area contributed by atoms with Crippen molar-refractivity contribution in [2.45, 2.75) is 0 Å². The van der Waals surface area contributed by atoms with Gasteiger partial charge in [0.2, 0.25) is 0 Å². The molecule has 0 radical (unpaired) electrons. The highest BCUT2D eigenvalue weighted by Crippen LogP contribution is 2.20. The van der Waals surface area contributed by atoms with Crippen LogP contribution in [0.4, 0.5) is 14.5 Å². The zero-order valence-corrected chi connectivity index (χ0v) is 14.1. The monoisotopic (exact) mass is 371 g/mol. The number of nitrogens with one attached hydrogen (secondary N) is 1. The first-order valence-electron chi connectivity index (χ1n) is 7.61. The molecule has 6 heteroatoms. The molecule has 3 aromatic rings. The fraction of sp³-hybridized carbons (Fsp3) is 0. The molecule has 0 heterocycles. The van der Waals surface area contributed by atoms with Gasteiger partial charge < -0.3 is 5.32 Å². The van der Waals surface area contributed by atoms with E-state index < -0.39 is 17.5 Å². The Labute approximate surface area is 153 Å². The average molecular weight is 372 g/mol. The van der Waals surface area contributed by atoms with Gasteiger partial charge in [0.15, 0.2) is 5.78 Å². The van der Waals surface area contributed by atoms with Crippen molar-refractivity contribution in [1.29, 1.82) is 0 Å². The van der Waals surface area contributed by atoms with Gasteiger partial charge in [0.05, 0.1) is 11.3 Å². The van der Waals surface area contributed by atoms with Crippen molar-refractivity contribution in [1.82, 2.24) is 0 Å². The van der Waals surface area contributed by atoms with Crippen LogP contribution in [-0.2, 0) is 0 Å². The fourth-order valence-electron chi connectivity index (χ4n) is 2.42. The Morgan fingerprint density at radius 3 is 2.15 bits per heavy atom. The summed E-state index contributed by atoms with van der Waals surface area (Å²) in [6.45, 7) is 0. The van der Waals surface area contributed by atoms with Gasteiger partial charge >= 0.3 is 0 Å². The van der Waals surface area contributed by atoms with Crippen LogP contribution in [0.2, 0.25) is 5.02 Å². The summed E-state index contributed by atoms with van der Waals surface area (Å²) in [6, 6.07) is 15.3. The molecule has 0 bridgehead atoms. The van der Waals surface area contributed by atoms with Gasteiger partial charge in [0, 0.05) is 22.2 Å². The number of amides is 1. The highest BCUT2D eigenvalue weighted by molar-refractivity contribution is 6.30. The van der Waals surface area contributed by atoms with E-state index in [9.17, 15) is 18.4 Å². The molecule has 3 aromatic carbocycles. The lowest BCUT2D eigenvalue weighted by Crippen LogP contribution is -2.17. The van der Waals surface area contributed by atoms with Crippen LogP contribution in [0.25, 0.3) is 0 Å². The van der Waals surface area contributed by atoms with Crippen LogP contribution >= 0.6 is 11.6 Å². The Morgan fingerprint density at radius 2 is 1.50 bits per heavy atom. The summed E-state index contributed by atoms with van der Waals surface area (Å²) in [7, 11) is 0. The summed E-state index contributed by atoms with van der Waals surface area (Å²) in [5.41, 5.74) is 0.429. The van der Waals surface area contributed by atoms with Gasteiger partial charge in [-0.15, -0.1) is 0 Å². The van der Waals surface area contributed by atoms with E-state index in [0.29, 0.717) is 16.7 Å². The molecule has 26 heavy (non-hydrogen) atoms. The average Bonchev–Trinajstić information content (AvgIpc) is 2.64. The summed E-state index contributed by atoms with van der Waals surface area (Å²) in [5, 5.41) is 2.84. The molecule has 0 aliphatic rings. The number of anilines is 1. The van der Waals surface area contributed by atoms with Crippen LogP contribution in [0.3, 0.4) is 0 Å². The van der Waals surface area contributed by atoms with Crippen molar-refractivity contribution in [2.24, 2.45) is 0 Å². The van der Waals surface area contributed by atoms with Gasteiger partial charge in [-0.05, 0) is 42.5 Å². The first-order valence-corrected chi connectivity index (χ1v) is 7.99. The van der Waals surface area contributed by atoms with E-state index in [2.05, 4.69) is 5.32 Å². The van der Waals surface area contributed by atoms with E-state index in [1.54, 1.807) is 36.4 Å². The Balaban J connectivity index is 1.92. The normalized spacial score (nSPS) is 10.4. The predicted octanol–water partition coefficient (Wildman–Crippen LogP) is 5.10. The zero-order chi connectivity index (χ0) is 18.7. The fourth-order valence-corrected chi connectivity index (χ4v) is 2.54. The second-order valence-corrected chi connectivity index (χ2v) is 5.90. The molecule has 0 aliphatic heterocycles. The first-order chi connectivity index (χ1) is 12.5. The molecule has 0 atom stereocenters. The summed E-state index contributed by atoms with van der Waals surface area (Å²) in [5.74, 6) is -2.70. The molecule has 1 amide bonds. The third-order valence-electron chi connectivity index (χ3n) is 3.70. The van der Waals surface area contributed by atoms with Gasteiger partial charge in [-0.25, -0.2) is 8.78 Å². The number of ketones is 1. The van der Waals surface area contributed by atoms with Crippen LogP contribution < -0.4 is 5.32 Å². The quantitative estimate of drug-likeness (QED) is 0.648. The maximum atomic E-state index is 13.8. The smallest absolute Gasteiger partial charge is 0.256 e. The number of hydrogen-bond donors (Lipinski definition) is 1. The lowest BCUT2D eigenvalue weighted by atomic mass is 9.98. The van der Waals surface area contributed by atoms with Crippen molar-refractivity contribution in [2.75, 3.05) is 5.32 Å². The summed E-state index contributed by atoms with van der Waals surface area (Å²) in [4.78, 5) is 25.2. The number of carbonyl (C=O) groups excluding carboxylic acids is 2. The van der Waals surface area contributed by atoms with E-state index >= 15 is 0 Å². The molecule has 0 aliphatic carbocycles. The lowest BCUT2D eigenvalue weighted by Gasteiger charge is -2.10. The molecule has 1 N–H and O–H groups in total. The Morgan fingerprint density at radius 1 is 0.846 bits per heavy atom. The predicted molar refractivity (Wildman–Crippen MR) is 95.6 cm³/mol. The molecule has 3 rings (SSSR count). The van der Waals surface area contributed by atoms with Gasteiger partial charge in [-0.1, -0.05) is 29.8 Å². The van der Waals surface area contributed by atoms with Crippen LogP contribution in [0.15, 0.2) is 66.7 Å². The van der Waals surface area contributed by atoms with Gasteiger partial charge in [-0.3, -0.25) is 9.59 Å². The maximum Gasteiger partial charge on any atom is 0.256 e. The number of hydrogen-bond acceptors (Lipinski definition) is 2. The van der Waals surface area contributed by atoms with Crippen molar-refractivity contribution in [3.63, 3.8) is 0 Å². The highest BCUT2D eigenvalue weighted by atomic mass is 35.5. The number of carbonyl (C=O) groups is 2. The molecule has 0 unspecified atom stereocenters. The molecule has 3 nitrogen and oxygen atoms in total. The summed E-state index contributed by atoms with van der Waals surface area (Å²) >= 11 is 5.82. The minimum absolute atomic E-state index is 0.0798. The van der Waals surface area contributed by atoms with Crippen LogP contribution in [0.5, 0.6) is 0 Å².